The second kappa shape index (κ2) is 9.68. The van der Waals surface area contributed by atoms with Crippen molar-refractivity contribution in [2.24, 2.45) is 0 Å². The van der Waals surface area contributed by atoms with Crippen LogP contribution in [0.25, 0.3) is 22.7 Å². The van der Waals surface area contributed by atoms with Crippen molar-refractivity contribution in [3.8, 4) is 17.3 Å². The first-order valence-corrected chi connectivity index (χ1v) is 13.0. The highest BCUT2D eigenvalue weighted by Crippen LogP contribution is 2.29. The summed E-state index contributed by atoms with van der Waals surface area (Å²) in [6.07, 6.45) is 3.07. The molecule has 0 bridgehead atoms. The maximum absolute atomic E-state index is 6.31. The van der Waals surface area contributed by atoms with Crippen molar-refractivity contribution in [3.63, 3.8) is 0 Å². The van der Waals surface area contributed by atoms with Gasteiger partial charge < -0.3 is 14.6 Å². The summed E-state index contributed by atoms with van der Waals surface area (Å²) in [5.74, 6) is 2.55. The number of fused-ring (bicyclic) bond motifs is 1. The van der Waals surface area contributed by atoms with Gasteiger partial charge in [0.1, 0.15) is 23.9 Å². The van der Waals surface area contributed by atoms with Crippen LogP contribution in [0.15, 0.2) is 66.0 Å². The Hall–Kier alpha value is -3.42. The van der Waals surface area contributed by atoms with Crippen molar-refractivity contribution in [1.29, 1.82) is 0 Å². The monoisotopic (exact) mass is 501 g/mol. The van der Waals surface area contributed by atoms with Crippen molar-refractivity contribution in [1.82, 2.24) is 19.9 Å². The van der Waals surface area contributed by atoms with E-state index in [1.54, 1.807) is 11.3 Å². The van der Waals surface area contributed by atoms with Crippen LogP contribution < -0.4 is 9.64 Å². The number of anilines is 1. The largest absolute Gasteiger partial charge is 0.489 e. The van der Waals surface area contributed by atoms with E-state index in [2.05, 4.69) is 34.1 Å². The molecule has 1 fully saturated rings. The van der Waals surface area contributed by atoms with Gasteiger partial charge in [-0.3, -0.25) is 0 Å². The van der Waals surface area contributed by atoms with Gasteiger partial charge in [0.2, 0.25) is 0 Å². The molecular formula is C27H24ClN5OS. The molecule has 4 heterocycles. The summed E-state index contributed by atoms with van der Waals surface area (Å²) in [4.78, 5) is 20.0. The zero-order valence-electron chi connectivity index (χ0n) is 19.1. The first-order valence-electron chi connectivity index (χ1n) is 11.7. The molecule has 3 aromatic heterocycles. The molecule has 0 aliphatic carbocycles. The number of imidazole rings is 1. The number of hydrogen-bond donors (Lipinski definition) is 1. The van der Waals surface area contributed by atoms with Crippen molar-refractivity contribution in [2.75, 3.05) is 18.0 Å². The Morgan fingerprint density at radius 3 is 2.69 bits per heavy atom. The minimum absolute atomic E-state index is 0.504. The maximum atomic E-state index is 6.31. The predicted octanol–water partition coefficient (Wildman–Crippen LogP) is 6.50. The van der Waals surface area contributed by atoms with E-state index < -0.39 is 0 Å². The van der Waals surface area contributed by atoms with Gasteiger partial charge in [-0.05, 0) is 48.7 Å². The number of aromatic nitrogens is 4. The van der Waals surface area contributed by atoms with Gasteiger partial charge in [-0.15, -0.1) is 11.3 Å². The summed E-state index contributed by atoms with van der Waals surface area (Å²) < 4.78 is 6.12. The van der Waals surface area contributed by atoms with Gasteiger partial charge in [0, 0.05) is 35.5 Å². The van der Waals surface area contributed by atoms with Crippen LogP contribution in [0.2, 0.25) is 5.02 Å². The number of rotatable bonds is 7. The minimum Gasteiger partial charge on any atom is -0.489 e. The number of thiazole rings is 1. The molecule has 1 N–H and O–H groups in total. The standard InChI is InChI=1S/C27H24ClN5OS/c28-20-8-10-23(34-16-18-6-2-1-3-7-18)19(14-20)15-25-29-22(17-35-25)27-30-21-9-11-24(31-26(21)32-27)33-12-4-5-13-33/h1-3,6-11,14,17H,4-5,12-13,15-16H2,(H,30,31,32). The highest BCUT2D eigenvalue weighted by molar-refractivity contribution is 7.10. The number of H-pyrrole nitrogens is 1. The van der Waals surface area contributed by atoms with E-state index in [-0.39, 0.29) is 0 Å². The van der Waals surface area contributed by atoms with Crippen LogP contribution in [0.4, 0.5) is 5.82 Å². The van der Waals surface area contributed by atoms with Gasteiger partial charge in [-0.2, -0.15) is 0 Å². The molecule has 2 aromatic carbocycles. The number of halogens is 1. The molecule has 6 rings (SSSR count). The van der Waals surface area contributed by atoms with Crippen molar-refractivity contribution < 1.29 is 4.74 Å². The van der Waals surface area contributed by atoms with Crippen LogP contribution in [0, 0.1) is 0 Å². The third-order valence-electron chi connectivity index (χ3n) is 6.16. The van der Waals surface area contributed by atoms with E-state index in [1.807, 2.05) is 41.8 Å². The Balaban J connectivity index is 1.21. The highest BCUT2D eigenvalue weighted by Gasteiger charge is 2.16. The van der Waals surface area contributed by atoms with Crippen LogP contribution in [-0.4, -0.2) is 33.0 Å². The Morgan fingerprint density at radius 1 is 0.971 bits per heavy atom. The van der Waals surface area contributed by atoms with E-state index in [1.165, 1.54) is 12.8 Å². The fraction of sp³-hybridized carbons (Fsp3) is 0.222. The molecule has 1 aliphatic heterocycles. The Bertz CT molecular complexity index is 1460. The van der Waals surface area contributed by atoms with Crippen LogP contribution in [0.3, 0.4) is 0 Å². The number of benzene rings is 2. The van der Waals surface area contributed by atoms with Gasteiger partial charge in [0.05, 0.1) is 10.5 Å². The molecule has 1 saturated heterocycles. The maximum Gasteiger partial charge on any atom is 0.180 e. The summed E-state index contributed by atoms with van der Waals surface area (Å²) in [6, 6.07) is 20.0. The van der Waals surface area contributed by atoms with Crippen LogP contribution in [0.1, 0.15) is 29.0 Å². The third-order valence-corrected chi connectivity index (χ3v) is 7.24. The summed E-state index contributed by atoms with van der Waals surface area (Å²) >= 11 is 7.91. The predicted molar refractivity (Wildman–Crippen MR) is 141 cm³/mol. The van der Waals surface area contributed by atoms with Gasteiger partial charge in [0.25, 0.3) is 0 Å². The molecule has 0 atom stereocenters. The second-order valence-electron chi connectivity index (χ2n) is 8.65. The lowest BCUT2D eigenvalue weighted by Crippen LogP contribution is -2.18. The Kier molecular flexibility index (Phi) is 6.10. The molecule has 0 unspecified atom stereocenters. The molecule has 176 valence electrons. The molecule has 0 amide bonds. The number of hydrogen-bond acceptors (Lipinski definition) is 6. The molecule has 1 aliphatic rings. The quantitative estimate of drug-likeness (QED) is 0.275. The lowest BCUT2D eigenvalue weighted by Gasteiger charge is -2.15. The second-order valence-corrected chi connectivity index (χ2v) is 10.0. The zero-order valence-corrected chi connectivity index (χ0v) is 20.6. The summed E-state index contributed by atoms with van der Waals surface area (Å²) in [6.45, 7) is 2.63. The molecular weight excluding hydrogens is 478 g/mol. The number of ether oxygens (including phenoxy) is 1. The van der Waals surface area contributed by atoms with Crippen LogP contribution in [-0.2, 0) is 13.0 Å². The minimum atomic E-state index is 0.504. The van der Waals surface area contributed by atoms with Crippen molar-refractivity contribution in [2.45, 2.75) is 25.9 Å². The molecule has 0 saturated carbocycles. The summed E-state index contributed by atoms with van der Waals surface area (Å²) in [5.41, 5.74) is 4.60. The van der Waals surface area contributed by atoms with Crippen LogP contribution >= 0.6 is 22.9 Å². The zero-order chi connectivity index (χ0) is 23.6. The number of nitrogens with zero attached hydrogens (tertiary/aromatic N) is 4. The molecule has 0 radical (unpaired) electrons. The van der Waals surface area contributed by atoms with Gasteiger partial charge in [0.15, 0.2) is 11.5 Å². The third kappa shape index (κ3) is 4.88. The SMILES string of the molecule is Clc1ccc(OCc2ccccc2)c(Cc2nc(-c3nc4nc(N5CCCC5)ccc4[nH]3)cs2)c1. The fourth-order valence-corrected chi connectivity index (χ4v) is 5.35. The average molecular weight is 502 g/mol. The molecule has 0 spiro atoms. The molecule has 35 heavy (non-hydrogen) atoms. The van der Waals surface area contributed by atoms with E-state index in [4.69, 9.17) is 31.3 Å². The van der Waals surface area contributed by atoms with E-state index in [0.717, 1.165) is 63.5 Å². The first kappa shape index (κ1) is 22.1. The van der Waals surface area contributed by atoms with Gasteiger partial charge in [-0.1, -0.05) is 41.9 Å². The fourth-order valence-electron chi connectivity index (χ4n) is 4.35. The van der Waals surface area contributed by atoms with E-state index >= 15 is 0 Å². The smallest absolute Gasteiger partial charge is 0.180 e. The number of nitrogens with one attached hydrogen (secondary N) is 1. The highest BCUT2D eigenvalue weighted by atomic mass is 35.5. The molecule has 5 aromatic rings. The average Bonchev–Trinajstić information content (AvgIpc) is 3.64. The van der Waals surface area contributed by atoms with Crippen molar-refractivity contribution in [3.05, 3.63) is 87.2 Å². The summed E-state index contributed by atoms with van der Waals surface area (Å²) in [7, 11) is 0. The van der Waals surface area contributed by atoms with Gasteiger partial charge >= 0.3 is 0 Å². The van der Waals surface area contributed by atoms with E-state index in [0.29, 0.717) is 18.1 Å². The lowest BCUT2D eigenvalue weighted by atomic mass is 10.1. The van der Waals surface area contributed by atoms with Crippen molar-refractivity contribution >= 4 is 39.9 Å². The first-order chi connectivity index (χ1) is 17.2. The molecule has 8 heteroatoms. The normalized spacial score (nSPS) is 13.6. The molecule has 6 nitrogen and oxygen atoms in total. The number of aromatic amines is 1. The van der Waals surface area contributed by atoms with E-state index in [9.17, 15) is 0 Å². The Labute approximate surface area is 212 Å². The Morgan fingerprint density at radius 2 is 1.83 bits per heavy atom. The van der Waals surface area contributed by atoms with Crippen LogP contribution in [0.5, 0.6) is 5.75 Å². The topological polar surface area (TPSA) is 66.9 Å². The lowest BCUT2D eigenvalue weighted by molar-refractivity contribution is 0.303. The van der Waals surface area contributed by atoms with Gasteiger partial charge in [-0.25, -0.2) is 15.0 Å². The number of pyridine rings is 1. The summed E-state index contributed by atoms with van der Waals surface area (Å²) in [5, 5.41) is 3.68.